The average molecular weight is 871 g/mol. The van der Waals surface area contributed by atoms with E-state index in [4.69, 9.17) is 60.0 Å². The van der Waals surface area contributed by atoms with Crippen molar-refractivity contribution in [2.45, 2.75) is 12.8 Å². The van der Waals surface area contributed by atoms with E-state index in [1.165, 1.54) is 12.1 Å². The first kappa shape index (κ1) is 41.3. The number of nitrogens with one attached hydrogen (secondary N) is 2. The van der Waals surface area contributed by atoms with E-state index in [9.17, 15) is 14.0 Å². The van der Waals surface area contributed by atoms with Gasteiger partial charge in [0.2, 0.25) is 11.8 Å². The topological polar surface area (TPSA) is 119 Å². The van der Waals surface area contributed by atoms with Crippen molar-refractivity contribution in [3.63, 3.8) is 0 Å². The van der Waals surface area contributed by atoms with E-state index in [2.05, 4.69) is 20.6 Å². The number of hydrogen-bond acceptors (Lipinski definition) is 7. The van der Waals surface area contributed by atoms with Gasteiger partial charge in [-0.2, -0.15) is 0 Å². The Morgan fingerprint density at radius 1 is 0.610 bits per heavy atom. The van der Waals surface area contributed by atoms with Crippen LogP contribution >= 0.6 is 46.4 Å². The van der Waals surface area contributed by atoms with E-state index in [1.54, 1.807) is 86.0 Å². The van der Waals surface area contributed by atoms with Crippen LogP contribution < -0.4 is 15.4 Å². The molecule has 6 aromatic carbocycles. The van der Waals surface area contributed by atoms with Crippen LogP contribution in [0.3, 0.4) is 0 Å². The Morgan fingerprint density at radius 2 is 1.10 bits per heavy atom. The summed E-state index contributed by atoms with van der Waals surface area (Å²) in [6, 6.07) is 34.5. The van der Waals surface area contributed by atoms with Crippen molar-refractivity contribution in [1.82, 2.24) is 20.6 Å². The van der Waals surface area contributed by atoms with Crippen LogP contribution in [0, 0.1) is 5.82 Å². The number of nitrogens with zero attached hydrogens (tertiary/aromatic N) is 2. The number of carbonyl (C=O) groups excluding carboxylic acids is 2. The van der Waals surface area contributed by atoms with Gasteiger partial charge in [-0.05, 0) is 103 Å². The third-order valence-electron chi connectivity index (χ3n) is 9.12. The van der Waals surface area contributed by atoms with Crippen LogP contribution in [0.5, 0.6) is 5.75 Å². The lowest BCUT2D eigenvalue weighted by Crippen LogP contribution is -2.25. The molecule has 0 aliphatic rings. The molecule has 9 nitrogen and oxygen atoms in total. The Bertz CT molecular complexity index is 2770. The van der Waals surface area contributed by atoms with Crippen molar-refractivity contribution in [2.75, 3.05) is 20.2 Å². The summed E-state index contributed by atoms with van der Waals surface area (Å²) in [5.74, 6) is 0.672. The summed E-state index contributed by atoms with van der Waals surface area (Å²) in [6.45, 7) is 0.866. The quantitative estimate of drug-likeness (QED) is 0.133. The number of oxazole rings is 2. The number of benzene rings is 6. The van der Waals surface area contributed by atoms with Gasteiger partial charge in [-0.1, -0.05) is 88.9 Å². The number of amides is 2. The third-order valence-corrected chi connectivity index (χ3v) is 10.4. The average Bonchev–Trinajstić information content (AvgIpc) is 3.84. The molecule has 2 N–H and O–H groups in total. The van der Waals surface area contributed by atoms with Gasteiger partial charge < -0.3 is 24.2 Å². The fraction of sp³-hybridized carbons (Fsp3) is 0.111. The van der Waals surface area contributed by atoms with Crippen molar-refractivity contribution in [3.8, 4) is 28.7 Å². The monoisotopic (exact) mass is 868 g/mol. The predicted molar refractivity (Wildman–Crippen MR) is 230 cm³/mol. The van der Waals surface area contributed by atoms with Gasteiger partial charge in [-0.3, -0.25) is 9.59 Å². The SMILES string of the molecule is COc1ccccc1CCNC(=O)c1ccc2nc(-c3c(Cl)cccc3Cl)oc2c1.O=C(NCCc1cccc(F)c1)c1ccc2nc(-c3c(Cl)cccc3Cl)oc2c1. The molecule has 0 saturated heterocycles. The molecule has 0 spiro atoms. The summed E-state index contributed by atoms with van der Waals surface area (Å²) in [5, 5.41) is 7.50. The van der Waals surface area contributed by atoms with Crippen LogP contribution in [0.1, 0.15) is 31.8 Å². The Morgan fingerprint density at radius 3 is 1.61 bits per heavy atom. The largest absolute Gasteiger partial charge is 0.496 e. The molecule has 2 amide bonds. The third kappa shape index (κ3) is 9.87. The van der Waals surface area contributed by atoms with E-state index in [1.807, 2.05) is 30.3 Å². The van der Waals surface area contributed by atoms with E-state index in [0.29, 0.717) is 102 Å². The van der Waals surface area contributed by atoms with Gasteiger partial charge in [-0.15, -0.1) is 0 Å². The van der Waals surface area contributed by atoms with E-state index in [0.717, 1.165) is 16.9 Å². The van der Waals surface area contributed by atoms with Crippen LogP contribution in [-0.4, -0.2) is 42.0 Å². The van der Waals surface area contributed by atoms with E-state index in [-0.39, 0.29) is 17.6 Å². The Labute approximate surface area is 358 Å². The van der Waals surface area contributed by atoms with Gasteiger partial charge in [0.1, 0.15) is 22.6 Å². The molecular weight excluding hydrogens is 837 g/mol. The molecule has 0 atom stereocenters. The lowest BCUT2D eigenvalue weighted by atomic mass is 10.1. The van der Waals surface area contributed by atoms with Crippen molar-refractivity contribution < 1.29 is 27.6 Å². The minimum Gasteiger partial charge on any atom is -0.496 e. The normalized spacial score (nSPS) is 10.9. The van der Waals surface area contributed by atoms with Gasteiger partial charge in [-0.25, -0.2) is 14.4 Å². The molecule has 0 fully saturated rings. The highest BCUT2D eigenvalue weighted by Gasteiger charge is 2.18. The molecule has 0 unspecified atom stereocenters. The summed E-state index contributed by atoms with van der Waals surface area (Å²) >= 11 is 24.9. The maximum Gasteiger partial charge on any atom is 0.251 e. The van der Waals surface area contributed by atoms with Crippen LogP contribution in [-0.2, 0) is 12.8 Å². The lowest BCUT2D eigenvalue weighted by Gasteiger charge is -2.09. The number of para-hydroxylation sites is 1. The molecule has 298 valence electrons. The van der Waals surface area contributed by atoms with Crippen LogP contribution in [0.2, 0.25) is 20.1 Å². The Hall–Kier alpha value is -5.91. The van der Waals surface area contributed by atoms with Crippen LogP contribution in [0.4, 0.5) is 4.39 Å². The lowest BCUT2D eigenvalue weighted by molar-refractivity contribution is 0.0946. The highest BCUT2D eigenvalue weighted by atomic mass is 35.5. The number of carbonyl (C=O) groups is 2. The molecular formula is C45H33Cl4FN4O5. The standard InChI is InChI=1S/C23H18Cl2N2O3.C22H15Cl2FN2O2/c1-29-19-8-3-2-5-14(19)11-12-26-22(28)15-9-10-18-20(13-15)30-23(27-18)21-16(24)6-4-7-17(21)25;23-16-5-2-6-17(24)20(16)22-27-18-8-7-14(12-19(18)29-22)21(28)26-10-9-13-3-1-4-15(25)11-13/h2-10,13H,11-12H2,1H3,(H,26,28);1-8,11-12H,9-10H2,(H,26,28). The molecule has 14 heteroatoms. The summed E-state index contributed by atoms with van der Waals surface area (Å²) < 4.78 is 30.2. The Balaban J connectivity index is 0.000000179. The van der Waals surface area contributed by atoms with Gasteiger partial charge in [0.05, 0.1) is 38.3 Å². The first-order valence-electron chi connectivity index (χ1n) is 18.2. The fourth-order valence-electron chi connectivity index (χ4n) is 6.19. The van der Waals surface area contributed by atoms with Crippen LogP contribution in [0.25, 0.3) is 45.1 Å². The second-order valence-electron chi connectivity index (χ2n) is 13.0. The van der Waals surface area contributed by atoms with E-state index < -0.39 is 0 Å². The van der Waals surface area contributed by atoms with Crippen molar-refractivity contribution in [1.29, 1.82) is 0 Å². The molecule has 0 bridgehead atoms. The van der Waals surface area contributed by atoms with Crippen molar-refractivity contribution in [2.24, 2.45) is 0 Å². The molecule has 59 heavy (non-hydrogen) atoms. The van der Waals surface area contributed by atoms with Crippen LogP contribution in [0.15, 0.2) is 130 Å². The summed E-state index contributed by atoms with van der Waals surface area (Å²) in [4.78, 5) is 33.9. The van der Waals surface area contributed by atoms with Gasteiger partial charge in [0, 0.05) is 24.2 Å². The minimum absolute atomic E-state index is 0.194. The van der Waals surface area contributed by atoms with Gasteiger partial charge in [0.25, 0.3) is 11.8 Å². The smallest absolute Gasteiger partial charge is 0.251 e. The number of methoxy groups -OCH3 is 1. The zero-order chi connectivity index (χ0) is 41.5. The fourth-order valence-corrected chi connectivity index (χ4v) is 7.31. The summed E-state index contributed by atoms with van der Waals surface area (Å²) in [7, 11) is 1.63. The van der Waals surface area contributed by atoms with Gasteiger partial charge >= 0.3 is 0 Å². The number of rotatable bonds is 11. The summed E-state index contributed by atoms with van der Waals surface area (Å²) in [5.41, 5.74) is 5.95. The molecule has 8 aromatic rings. The molecule has 2 aromatic heterocycles. The highest BCUT2D eigenvalue weighted by Crippen LogP contribution is 2.37. The maximum absolute atomic E-state index is 13.2. The number of fused-ring (bicyclic) bond motifs is 2. The highest BCUT2D eigenvalue weighted by molar-refractivity contribution is 6.39. The van der Waals surface area contributed by atoms with Crippen molar-refractivity contribution in [3.05, 3.63) is 169 Å². The van der Waals surface area contributed by atoms with Gasteiger partial charge in [0.15, 0.2) is 11.2 Å². The molecule has 0 aliphatic carbocycles. The molecule has 0 saturated carbocycles. The second-order valence-corrected chi connectivity index (χ2v) is 14.7. The molecule has 0 radical (unpaired) electrons. The molecule has 8 rings (SSSR count). The Kier molecular flexibility index (Phi) is 13.1. The second kappa shape index (κ2) is 18.8. The number of ether oxygens (including phenoxy) is 1. The predicted octanol–water partition coefficient (Wildman–Crippen LogP) is 11.7. The number of halogens is 5. The minimum atomic E-state index is -0.293. The molecule has 2 heterocycles. The molecule has 0 aliphatic heterocycles. The zero-order valence-corrected chi connectivity index (χ0v) is 34.2. The number of hydrogen-bond donors (Lipinski definition) is 2. The first-order valence-corrected chi connectivity index (χ1v) is 19.7. The summed E-state index contributed by atoms with van der Waals surface area (Å²) in [6.07, 6.45) is 1.19. The van der Waals surface area contributed by atoms with E-state index >= 15 is 0 Å². The first-order chi connectivity index (χ1) is 28.6. The van der Waals surface area contributed by atoms with Crippen molar-refractivity contribution >= 4 is 80.4 Å². The maximum atomic E-state index is 13.2. The number of aromatic nitrogens is 2. The zero-order valence-electron chi connectivity index (χ0n) is 31.2.